The Kier molecular flexibility index (Phi) is 8.46. The highest BCUT2D eigenvalue weighted by Crippen LogP contribution is 2.19. The van der Waals surface area contributed by atoms with Gasteiger partial charge in [-0.2, -0.15) is 0 Å². The number of carbonyl (C=O) groups excluding carboxylic acids is 1. The maximum atomic E-state index is 11.7. The summed E-state index contributed by atoms with van der Waals surface area (Å²) in [6.07, 6.45) is 3.29. The van der Waals surface area contributed by atoms with Crippen molar-refractivity contribution in [2.45, 2.75) is 20.3 Å². The highest BCUT2D eigenvalue weighted by atomic mass is 35.5. The highest BCUT2D eigenvalue weighted by Gasteiger charge is 2.22. The van der Waals surface area contributed by atoms with Crippen molar-refractivity contribution in [2.75, 3.05) is 6.61 Å². The van der Waals surface area contributed by atoms with E-state index in [9.17, 15) is 24.3 Å². The van der Waals surface area contributed by atoms with Crippen molar-refractivity contribution < 1.29 is 19.4 Å². The van der Waals surface area contributed by atoms with Gasteiger partial charge in [-0.3, -0.25) is 19.8 Å². The van der Waals surface area contributed by atoms with Crippen LogP contribution < -0.4 is 11.1 Å². The Morgan fingerprint density at radius 2 is 1.58 bits per heavy atom. The number of aromatic amines is 2. The first kappa shape index (κ1) is 26.4. The lowest BCUT2D eigenvalue weighted by Crippen LogP contribution is -2.13. The molecule has 0 aliphatic heterocycles. The molecule has 4 aromatic rings. The zero-order valence-electron chi connectivity index (χ0n) is 19.0. The van der Waals surface area contributed by atoms with E-state index in [1.807, 2.05) is 0 Å². The number of aromatic nitrogens is 6. The molecule has 0 fully saturated rings. The quantitative estimate of drug-likeness (QED) is 0.317. The Morgan fingerprint density at radius 3 is 2.08 bits per heavy atom. The van der Waals surface area contributed by atoms with Crippen LogP contribution in [0.2, 0.25) is 10.0 Å². The van der Waals surface area contributed by atoms with Crippen molar-refractivity contribution in [1.82, 2.24) is 29.5 Å². The molecular weight excluding hydrogens is 515 g/mol. The van der Waals surface area contributed by atoms with Crippen molar-refractivity contribution in [3.8, 4) is 11.6 Å². The van der Waals surface area contributed by atoms with Crippen molar-refractivity contribution in [2.24, 2.45) is 0 Å². The predicted molar refractivity (Wildman–Crippen MR) is 131 cm³/mol. The first-order valence-electron chi connectivity index (χ1n) is 10.5. The molecule has 0 spiro atoms. The number of esters is 1. The number of carbonyl (C=O) groups is 2. The van der Waals surface area contributed by atoms with E-state index in [4.69, 9.17) is 27.9 Å². The van der Waals surface area contributed by atoms with E-state index in [0.29, 0.717) is 11.4 Å². The van der Waals surface area contributed by atoms with E-state index in [0.717, 1.165) is 10.7 Å². The normalized spacial score (nSPS) is 10.4. The molecule has 0 bridgehead atoms. The predicted octanol–water partition coefficient (Wildman–Crippen LogP) is 2.87. The van der Waals surface area contributed by atoms with Gasteiger partial charge in [0.25, 0.3) is 11.1 Å². The highest BCUT2D eigenvalue weighted by molar-refractivity contribution is 6.32. The van der Waals surface area contributed by atoms with Crippen LogP contribution in [-0.2, 0) is 11.2 Å². The fourth-order valence-corrected chi connectivity index (χ4v) is 3.59. The zero-order valence-corrected chi connectivity index (χ0v) is 20.5. The number of nitrogens with zero attached hydrogens (tertiary/aromatic N) is 4. The van der Waals surface area contributed by atoms with E-state index in [2.05, 4.69) is 20.2 Å². The number of aromatic carboxylic acids is 1. The Hall–Kier alpha value is -4.16. The number of carboxylic acids is 1. The maximum Gasteiger partial charge on any atom is 0.357 e. The average Bonchev–Trinajstić information content (AvgIpc) is 3.39. The molecule has 188 valence electrons. The number of hydrogen-bond donors (Lipinski definition) is 3. The SMILES string of the molecule is CCOC(=O)c1cc(=O)[nH]n1-c1ncccc1Cl.CCc1c(C(=O)O)n(-c2ncccc2Cl)[nH]c1=O. The molecule has 14 heteroatoms. The standard InChI is InChI=1S/2C11H10ClN3O3/c1-2-18-11(17)8-6-9(16)14-15(8)10-7(12)4-3-5-13-10;1-2-6-8(11(17)18)15(14-10(6)16)9-7(12)4-3-5-13-9/h3-6H,2H2,1H3,(H,14,16);3-5H,2H2,1H3,(H,14,16)(H,17,18). The first-order chi connectivity index (χ1) is 17.2. The Labute approximate surface area is 213 Å². The minimum Gasteiger partial charge on any atom is -0.476 e. The first-order valence-corrected chi connectivity index (χ1v) is 11.2. The maximum absolute atomic E-state index is 11.7. The number of halogens is 2. The fraction of sp³-hybridized carbons (Fsp3) is 0.182. The Balaban J connectivity index is 0.000000201. The van der Waals surface area contributed by atoms with Gasteiger partial charge < -0.3 is 9.84 Å². The van der Waals surface area contributed by atoms with Gasteiger partial charge in [0.05, 0.1) is 22.2 Å². The molecule has 0 saturated heterocycles. The molecule has 0 radical (unpaired) electrons. The van der Waals surface area contributed by atoms with Gasteiger partial charge in [-0.1, -0.05) is 30.1 Å². The van der Waals surface area contributed by atoms with Crippen molar-refractivity contribution in [3.63, 3.8) is 0 Å². The summed E-state index contributed by atoms with van der Waals surface area (Å²) in [6.45, 7) is 3.61. The van der Waals surface area contributed by atoms with Crippen LogP contribution in [-0.4, -0.2) is 53.2 Å². The monoisotopic (exact) mass is 534 g/mol. The molecule has 0 aliphatic rings. The van der Waals surface area contributed by atoms with Crippen LogP contribution >= 0.6 is 23.2 Å². The van der Waals surface area contributed by atoms with E-state index < -0.39 is 23.1 Å². The third-order valence-electron chi connectivity index (χ3n) is 4.67. The summed E-state index contributed by atoms with van der Waals surface area (Å²) in [5, 5.41) is 14.7. The van der Waals surface area contributed by atoms with Crippen LogP contribution in [0.4, 0.5) is 0 Å². The smallest absolute Gasteiger partial charge is 0.357 e. The van der Waals surface area contributed by atoms with Gasteiger partial charge in [-0.15, -0.1) is 0 Å². The molecule has 12 nitrogen and oxygen atoms in total. The van der Waals surface area contributed by atoms with Gasteiger partial charge in [-0.05, 0) is 37.6 Å². The molecule has 0 amide bonds. The van der Waals surface area contributed by atoms with Crippen LogP contribution in [0.1, 0.15) is 40.4 Å². The number of nitrogens with one attached hydrogen (secondary N) is 2. The van der Waals surface area contributed by atoms with E-state index in [1.165, 1.54) is 17.1 Å². The van der Waals surface area contributed by atoms with Crippen LogP contribution in [0.3, 0.4) is 0 Å². The van der Waals surface area contributed by atoms with Crippen molar-refractivity contribution >= 4 is 35.1 Å². The summed E-state index contributed by atoms with van der Waals surface area (Å²) < 4.78 is 7.17. The Bertz CT molecular complexity index is 1520. The number of H-pyrrole nitrogens is 2. The molecule has 0 aliphatic carbocycles. The number of carboxylic acid groups (broad SMARTS) is 1. The number of ether oxygens (including phenoxy) is 1. The molecule has 4 rings (SSSR count). The minimum absolute atomic E-state index is 0.0578. The van der Waals surface area contributed by atoms with Gasteiger partial charge in [0, 0.05) is 18.5 Å². The second-order valence-electron chi connectivity index (χ2n) is 6.94. The van der Waals surface area contributed by atoms with Gasteiger partial charge in [-0.25, -0.2) is 28.9 Å². The summed E-state index contributed by atoms with van der Waals surface area (Å²) >= 11 is 11.9. The van der Waals surface area contributed by atoms with E-state index >= 15 is 0 Å². The number of hydrogen-bond acceptors (Lipinski definition) is 7. The summed E-state index contributed by atoms with van der Waals surface area (Å²) in [4.78, 5) is 54.0. The molecule has 36 heavy (non-hydrogen) atoms. The fourth-order valence-electron chi connectivity index (χ4n) is 3.18. The summed E-state index contributed by atoms with van der Waals surface area (Å²) in [5.41, 5.74) is -0.758. The lowest BCUT2D eigenvalue weighted by atomic mass is 10.2. The lowest BCUT2D eigenvalue weighted by molar-refractivity contribution is 0.0515. The third kappa shape index (κ3) is 5.56. The number of rotatable bonds is 6. The van der Waals surface area contributed by atoms with E-state index in [-0.39, 0.29) is 40.2 Å². The second kappa shape index (κ2) is 11.5. The molecule has 0 atom stereocenters. The molecule has 0 aromatic carbocycles. The molecular formula is C22H20Cl2N6O6. The van der Waals surface area contributed by atoms with Gasteiger partial charge in [0.1, 0.15) is 0 Å². The molecule has 0 saturated carbocycles. The van der Waals surface area contributed by atoms with Crippen LogP contribution in [0, 0.1) is 0 Å². The molecule has 4 aromatic heterocycles. The van der Waals surface area contributed by atoms with Gasteiger partial charge in [0.15, 0.2) is 23.0 Å². The average molecular weight is 535 g/mol. The molecule has 4 heterocycles. The largest absolute Gasteiger partial charge is 0.476 e. The summed E-state index contributed by atoms with van der Waals surface area (Å²) in [7, 11) is 0. The molecule has 0 unspecified atom stereocenters. The van der Waals surface area contributed by atoms with Crippen molar-refractivity contribution in [3.05, 3.63) is 90.4 Å². The van der Waals surface area contributed by atoms with Crippen LogP contribution in [0.5, 0.6) is 0 Å². The summed E-state index contributed by atoms with van der Waals surface area (Å²) in [5.74, 6) is -1.36. The number of pyridine rings is 2. The summed E-state index contributed by atoms with van der Waals surface area (Å²) in [6, 6.07) is 7.59. The minimum atomic E-state index is -1.20. The van der Waals surface area contributed by atoms with Crippen LogP contribution in [0.15, 0.2) is 52.3 Å². The Morgan fingerprint density at radius 1 is 1.00 bits per heavy atom. The second-order valence-corrected chi connectivity index (χ2v) is 7.76. The third-order valence-corrected chi connectivity index (χ3v) is 5.26. The topological polar surface area (TPSA) is 165 Å². The van der Waals surface area contributed by atoms with Crippen molar-refractivity contribution in [1.29, 1.82) is 0 Å². The van der Waals surface area contributed by atoms with Gasteiger partial charge >= 0.3 is 11.9 Å². The lowest BCUT2D eigenvalue weighted by Gasteiger charge is -2.07. The zero-order chi connectivity index (χ0) is 26.4. The van der Waals surface area contributed by atoms with Gasteiger partial charge in [0.2, 0.25) is 0 Å². The molecule has 3 N–H and O–H groups in total. The van der Waals surface area contributed by atoms with Crippen LogP contribution in [0.25, 0.3) is 11.6 Å². The van der Waals surface area contributed by atoms with E-state index in [1.54, 1.807) is 38.1 Å².